The number of aliphatic hydroxyl groups is 1. The van der Waals surface area contributed by atoms with Crippen molar-refractivity contribution >= 4 is 21.6 Å². The molecule has 2 aliphatic rings. The lowest BCUT2D eigenvalue weighted by Gasteiger charge is -2.38. The van der Waals surface area contributed by atoms with Crippen LogP contribution in [0.2, 0.25) is 0 Å². The summed E-state index contributed by atoms with van der Waals surface area (Å²) in [6.07, 6.45) is -3.51. The molecule has 2 aliphatic heterocycles. The predicted octanol–water partition coefficient (Wildman–Crippen LogP) is 2.50. The van der Waals surface area contributed by atoms with E-state index < -0.39 is 27.4 Å². The van der Waals surface area contributed by atoms with E-state index in [1.54, 1.807) is 0 Å². The van der Waals surface area contributed by atoms with Crippen molar-refractivity contribution in [3.8, 4) is 5.75 Å². The molecule has 7 nitrogen and oxygen atoms in total. The third kappa shape index (κ3) is 5.06. The Bertz CT molecular complexity index is 886. The van der Waals surface area contributed by atoms with Crippen LogP contribution in [0.5, 0.6) is 5.75 Å². The summed E-state index contributed by atoms with van der Waals surface area (Å²) < 4.78 is 67.0. The van der Waals surface area contributed by atoms with E-state index in [1.165, 1.54) is 35.2 Å². The van der Waals surface area contributed by atoms with Crippen molar-refractivity contribution in [1.29, 1.82) is 0 Å². The molecule has 1 aromatic rings. The van der Waals surface area contributed by atoms with Gasteiger partial charge in [-0.25, -0.2) is 12.7 Å². The number of sulfonamides is 1. The number of hydrogen-bond acceptors (Lipinski definition) is 5. The van der Waals surface area contributed by atoms with Crippen LogP contribution in [0.15, 0.2) is 24.3 Å². The number of carbonyl (C=O) groups excluding carboxylic acids is 1. The second kappa shape index (κ2) is 7.69. The molecule has 2 heterocycles. The number of rotatable bonds is 5. The lowest BCUT2D eigenvalue weighted by Crippen LogP contribution is -2.49. The lowest BCUT2D eigenvalue weighted by molar-refractivity contribution is -0.274. The highest BCUT2D eigenvalue weighted by Crippen LogP contribution is 2.44. The van der Waals surface area contributed by atoms with E-state index in [1.807, 2.05) is 0 Å². The minimum Gasteiger partial charge on any atom is -0.406 e. The van der Waals surface area contributed by atoms with Crippen molar-refractivity contribution in [2.45, 2.75) is 45.1 Å². The highest BCUT2D eigenvalue weighted by atomic mass is 32.2. The first-order chi connectivity index (χ1) is 13.7. The molecule has 1 spiro atoms. The van der Waals surface area contributed by atoms with Crippen LogP contribution in [0.4, 0.5) is 18.9 Å². The van der Waals surface area contributed by atoms with Crippen molar-refractivity contribution in [2.75, 3.05) is 30.3 Å². The maximum Gasteiger partial charge on any atom is 0.573 e. The molecular formula is C19H25F3N2O5S. The van der Waals surface area contributed by atoms with Crippen LogP contribution in [0.3, 0.4) is 0 Å². The predicted molar refractivity (Wildman–Crippen MR) is 103 cm³/mol. The Balaban J connectivity index is 1.66. The van der Waals surface area contributed by atoms with Crippen molar-refractivity contribution in [1.82, 2.24) is 4.31 Å². The normalized spacial score (nSPS) is 20.7. The van der Waals surface area contributed by atoms with E-state index >= 15 is 0 Å². The number of nitrogens with zero attached hydrogens (tertiary/aromatic N) is 2. The first-order valence-corrected chi connectivity index (χ1v) is 11.2. The van der Waals surface area contributed by atoms with E-state index in [-0.39, 0.29) is 30.5 Å². The summed E-state index contributed by atoms with van der Waals surface area (Å²) in [5, 5.41) is 9.84. The summed E-state index contributed by atoms with van der Waals surface area (Å²) in [5.41, 5.74) is -1.55. The summed E-state index contributed by atoms with van der Waals surface area (Å²) in [6.45, 7) is 3.65. The second-order valence-corrected chi connectivity index (χ2v) is 10.5. The van der Waals surface area contributed by atoms with Gasteiger partial charge in [0.2, 0.25) is 15.9 Å². The van der Waals surface area contributed by atoms with Crippen LogP contribution in [-0.4, -0.2) is 61.1 Å². The summed E-state index contributed by atoms with van der Waals surface area (Å²) in [5.74, 6) is -0.899. The van der Waals surface area contributed by atoms with Gasteiger partial charge in [-0.2, -0.15) is 0 Å². The number of piperidine rings is 1. The van der Waals surface area contributed by atoms with E-state index in [0.29, 0.717) is 31.5 Å². The average Bonchev–Trinajstić information content (AvgIpc) is 2.89. The molecule has 0 unspecified atom stereocenters. The molecule has 0 aromatic heterocycles. The van der Waals surface area contributed by atoms with Gasteiger partial charge in [-0.3, -0.25) is 4.79 Å². The Morgan fingerprint density at radius 1 is 1.07 bits per heavy atom. The molecule has 3 rings (SSSR count). The van der Waals surface area contributed by atoms with Crippen molar-refractivity contribution in [3.63, 3.8) is 0 Å². The lowest BCUT2D eigenvalue weighted by atomic mass is 9.77. The molecule has 0 radical (unpaired) electrons. The van der Waals surface area contributed by atoms with Gasteiger partial charge in [0.15, 0.2) is 0 Å². The van der Waals surface area contributed by atoms with Crippen LogP contribution >= 0.6 is 0 Å². The van der Waals surface area contributed by atoms with Crippen LogP contribution in [-0.2, 0) is 14.8 Å². The zero-order valence-corrected chi connectivity index (χ0v) is 17.6. The Morgan fingerprint density at radius 2 is 1.60 bits per heavy atom. The zero-order valence-electron chi connectivity index (χ0n) is 16.8. The number of amides is 1. The number of halogens is 3. The molecule has 1 amide bonds. The molecule has 0 saturated carbocycles. The number of alkyl halides is 3. The van der Waals surface area contributed by atoms with Crippen LogP contribution in [0, 0.1) is 5.41 Å². The fourth-order valence-corrected chi connectivity index (χ4v) is 5.90. The van der Waals surface area contributed by atoms with Gasteiger partial charge < -0.3 is 14.7 Å². The first kappa shape index (κ1) is 22.8. The molecule has 2 fully saturated rings. The third-order valence-electron chi connectivity index (χ3n) is 5.50. The van der Waals surface area contributed by atoms with Crippen molar-refractivity contribution < 1.29 is 36.2 Å². The minimum absolute atomic E-state index is 0.147. The van der Waals surface area contributed by atoms with Gasteiger partial charge in [0, 0.05) is 25.3 Å². The third-order valence-corrected chi connectivity index (χ3v) is 7.73. The van der Waals surface area contributed by atoms with Crippen LogP contribution in [0.25, 0.3) is 0 Å². The van der Waals surface area contributed by atoms with Gasteiger partial charge in [-0.1, -0.05) is 0 Å². The summed E-state index contributed by atoms with van der Waals surface area (Å²) in [6, 6.07) is 5.13. The summed E-state index contributed by atoms with van der Waals surface area (Å²) in [7, 11) is -3.64. The van der Waals surface area contributed by atoms with E-state index in [0.717, 1.165) is 12.1 Å². The van der Waals surface area contributed by atoms with Gasteiger partial charge in [0.25, 0.3) is 0 Å². The molecule has 30 heavy (non-hydrogen) atoms. The average molecular weight is 450 g/mol. The maximum atomic E-state index is 13.1. The van der Waals surface area contributed by atoms with E-state index in [4.69, 9.17) is 0 Å². The van der Waals surface area contributed by atoms with Crippen LogP contribution < -0.4 is 9.64 Å². The number of carbonyl (C=O) groups is 1. The number of anilines is 1. The van der Waals surface area contributed by atoms with Crippen LogP contribution in [0.1, 0.15) is 33.1 Å². The van der Waals surface area contributed by atoms with Crippen molar-refractivity contribution in [3.05, 3.63) is 24.3 Å². The second-order valence-electron chi connectivity index (χ2n) is 8.50. The van der Waals surface area contributed by atoms with Gasteiger partial charge in [-0.05, 0) is 57.4 Å². The highest BCUT2D eigenvalue weighted by Gasteiger charge is 2.50. The summed E-state index contributed by atoms with van der Waals surface area (Å²) in [4.78, 5) is 14.6. The highest BCUT2D eigenvalue weighted by molar-refractivity contribution is 7.89. The molecule has 11 heteroatoms. The standard InChI is InChI=1S/C19H25F3N2O5S/c1-17(2,26)13-30(27,28)23-10-7-18(8-11-23)9-12-24(16(18)25)14-3-5-15(6-4-14)29-19(20,21)22/h3-6,26H,7-13H2,1-2H3. The Hall–Kier alpha value is -1.85. The molecule has 2 saturated heterocycles. The first-order valence-electron chi connectivity index (χ1n) is 9.59. The topological polar surface area (TPSA) is 87.2 Å². The fraction of sp³-hybridized carbons (Fsp3) is 0.632. The summed E-state index contributed by atoms with van der Waals surface area (Å²) >= 11 is 0. The SMILES string of the molecule is CC(C)(O)CS(=O)(=O)N1CCC2(CCN(c3ccc(OC(F)(F)F)cc3)C2=O)CC1. The number of hydrogen-bond donors (Lipinski definition) is 1. The van der Waals surface area contributed by atoms with Crippen molar-refractivity contribution in [2.24, 2.45) is 5.41 Å². The molecule has 0 aliphatic carbocycles. The largest absolute Gasteiger partial charge is 0.573 e. The molecule has 1 aromatic carbocycles. The van der Waals surface area contributed by atoms with Gasteiger partial charge in [-0.15, -0.1) is 13.2 Å². The number of benzene rings is 1. The van der Waals surface area contributed by atoms with Gasteiger partial charge >= 0.3 is 6.36 Å². The molecule has 0 bridgehead atoms. The monoisotopic (exact) mass is 450 g/mol. The Labute approximate surface area is 173 Å². The zero-order chi connectivity index (χ0) is 22.4. The van der Waals surface area contributed by atoms with E-state index in [2.05, 4.69) is 4.74 Å². The quantitative estimate of drug-likeness (QED) is 0.745. The van der Waals surface area contributed by atoms with E-state index in [9.17, 15) is 31.5 Å². The fourth-order valence-electron chi connectivity index (χ4n) is 4.09. The smallest absolute Gasteiger partial charge is 0.406 e. The maximum absolute atomic E-state index is 13.1. The molecule has 0 atom stereocenters. The Morgan fingerprint density at radius 3 is 2.10 bits per heavy atom. The number of ether oxygens (including phenoxy) is 1. The Kier molecular flexibility index (Phi) is 5.85. The minimum atomic E-state index is -4.78. The van der Waals surface area contributed by atoms with Gasteiger partial charge in [0.1, 0.15) is 5.75 Å². The molecular weight excluding hydrogens is 425 g/mol. The molecule has 168 valence electrons. The van der Waals surface area contributed by atoms with Gasteiger partial charge in [0.05, 0.1) is 16.8 Å². The molecule has 1 N–H and O–H groups in total.